The Kier molecular flexibility index (Phi) is 4.60. The quantitative estimate of drug-likeness (QED) is 0.784. The van der Waals surface area contributed by atoms with Crippen LogP contribution in [0, 0.1) is 13.8 Å². The summed E-state index contributed by atoms with van der Waals surface area (Å²) in [6.45, 7) is 6.50. The highest BCUT2D eigenvalue weighted by atomic mass is 79.9. The van der Waals surface area contributed by atoms with Gasteiger partial charge in [-0.2, -0.15) is 5.10 Å². The molecule has 0 aliphatic rings. The van der Waals surface area contributed by atoms with Gasteiger partial charge in [-0.15, -0.1) is 0 Å². The Balaban J connectivity index is 2.26. The summed E-state index contributed by atoms with van der Waals surface area (Å²) in [5.41, 5.74) is 2.43. The van der Waals surface area contributed by atoms with Crippen molar-refractivity contribution in [1.29, 1.82) is 0 Å². The third kappa shape index (κ3) is 2.93. The lowest BCUT2D eigenvalue weighted by Gasteiger charge is -2.09. The third-order valence-corrected chi connectivity index (χ3v) is 4.22. The van der Waals surface area contributed by atoms with Crippen LogP contribution in [0.2, 0.25) is 0 Å². The van der Waals surface area contributed by atoms with Gasteiger partial charge in [0.25, 0.3) is 0 Å². The van der Waals surface area contributed by atoms with Gasteiger partial charge >= 0.3 is 0 Å². The van der Waals surface area contributed by atoms with Crippen molar-refractivity contribution >= 4 is 21.7 Å². The monoisotopic (exact) mass is 336 g/mol. The molecule has 2 aromatic rings. The molecule has 0 aliphatic heterocycles. The molecule has 0 fully saturated rings. The molecule has 1 heterocycles. The largest absolute Gasteiger partial charge is 0.493 e. The Morgan fingerprint density at radius 3 is 2.65 bits per heavy atom. The van der Waals surface area contributed by atoms with Crippen molar-refractivity contribution in [3.8, 4) is 5.75 Å². The van der Waals surface area contributed by atoms with E-state index in [-0.39, 0.29) is 12.3 Å². The number of aromatic nitrogens is 2. The van der Waals surface area contributed by atoms with Crippen LogP contribution in [0.25, 0.3) is 0 Å². The Bertz CT molecular complexity index is 635. The van der Waals surface area contributed by atoms with Crippen LogP contribution in [0.15, 0.2) is 28.7 Å². The second-order valence-corrected chi connectivity index (χ2v) is 5.29. The summed E-state index contributed by atoms with van der Waals surface area (Å²) in [6.07, 6.45) is 0. The highest BCUT2D eigenvalue weighted by Crippen LogP contribution is 2.22. The molecule has 0 N–H and O–H groups in total. The van der Waals surface area contributed by atoms with Crippen molar-refractivity contribution in [2.24, 2.45) is 0 Å². The molecule has 0 bridgehead atoms. The van der Waals surface area contributed by atoms with E-state index in [1.165, 1.54) is 0 Å². The lowest BCUT2D eigenvalue weighted by atomic mass is 10.1. The number of carbonyl (C=O) groups is 1. The van der Waals surface area contributed by atoms with Crippen LogP contribution in [-0.2, 0) is 6.54 Å². The number of ether oxygens (including phenoxy) is 1. The molecule has 1 aromatic carbocycles. The number of para-hydroxylation sites is 1. The molecule has 20 heavy (non-hydrogen) atoms. The summed E-state index contributed by atoms with van der Waals surface area (Å²) in [6, 6.07) is 7.30. The van der Waals surface area contributed by atoms with Gasteiger partial charge in [0.1, 0.15) is 12.3 Å². The number of hydrogen-bond acceptors (Lipinski definition) is 3. The summed E-state index contributed by atoms with van der Waals surface area (Å²) >= 11 is 3.47. The second-order valence-electron chi connectivity index (χ2n) is 4.49. The maximum absolute atomic E-state index is 12.4. The van der Waals surface area contributed by atoms with Gasteiger partial charge in [0.05, 0.1) is 28.0 Å². The molecule has 0 amide bonds. The first-order valence-corrected chi connectivity index (χ1v) is 7.28. The molecule has 0 unspecified atom stereocenters. The second kappa shape index (κ2) is 6.22. The van der Waals surface area contributed by atoms with Crippen molar-refractivity contribution in [2.75, 3.05) is 6.61 Å². The molecule has 0 spiro atoms. The maximum atomic E-state index is 12.4. The number of aryl methyl sites for hydroxylation is 1. The number of benzene rings is 1. The van der Waals surface area contributed by atoms with Crippen LogP contribution < -0.4 is 4.74 Å². The fourth-order valence-electron chi connectivity index (χ4n) is 2.03. The third-order valence-electron chi connectivity index (χ3n) is 3.07. The van der Waals surface area contributed by atoms with Crippen LogP contribution in [-0.4, -0.2) is 22.2 Å². The molecular formula is C15H17BrN2O2. The average Bonchev–Trinajstić information content (AvgIpc) is 2.67. The molecule has 0 radical (unpaired) electrons. The molecule has 4 nitrogen and oxygen atoms in total. The zero-order chi connectivity index (χ0) is 14.7. The predicted octanol–water partition coefficient (Wildman–Crippen LogP) is 3.54. The number of rotatable bonds is 5. The van der Waals surface area contributed by atoms with E-state index in [0.717, 1.165) is 15.9 Å². The zero-order valence-corrected chi connectivity index (χ0v) is 13.4. The first-order valence-electron chi connectivity index (χ1n) is 6.49. The fraction of sp³-hybridized carbons (Fsp3) is 0.333. The Morgan fingerprint density at radius 2 is 2.05 bits per heavy atom. The minimum atomic E-state index is -0.00727. The maximum Gasteiger partial charge on any atom is 0.187 e. The lowest BCUT2D eigenvalue weighted by Crippen LogP contribution is -2.14. The molecule has 0 saturated heterocycles. The van der Waals surface area contributed by atoms with E-state index in [2.05, 4.69) is 21.0 Å². The van der Waals surface area contributed by atoms with E-state index in [4.69, 9.17) is 4.74 Å². The predicted molar refractivity (Wildman–Crippen MR) is 81.3 cm³/mol. The van der Waals surface area contributed by atoms with Crippen LogP contribution in [0.1, 0.15) is 28.7 Å². The highest BCUT2D eigenvalue weighted by Gasteiger charge is 2.16. The standard InChI is InChI=1S/C15H17BrN2O2/c1-4-20-14-8-6-5-7-12(14)13(19)9-18-11(3)15(16)10(2)17-18/h5-8H,4,9H2,1-3H3. The van der Waals surface area contributed by atoms with Gasteiger partial charge in [-0.05, 0) is 48.8 Å². The molecule has 0 saturated carbocycles. The van der Waals surface area contributed by atoms with Gasteiger partial charge in [-0.1, -0.05) is 12.1 Å². The molecule has 2 rings (SSSR count). The van der Waals surface area contributed by atoms with Crippen molar-refractivity contribution in [3.05, 3.63) is 45.7 Å². The van der Waals surface area contributed by atoms with E-state index >= 15 is 0 Å². The van der Waals surface area contributed by atoms with Gasteiger partial charge in [-0.25, -0.2) is 0 Å². The van der Waals surface area contributed by atoms with E-state index in [9.17, 15) is 4.79 Å². The van der Waals surface area contributed by atoms with E-state index in [1.807, 2.05) is 39.0 Å². The molecule has 1 aromatic heterocycles. The summed E-state index contributed by atoms with van der Waals surface area (Å²) in [4.78, 5) is 12.4. The highest BCUT2D eigenvalue weighted by molar-refractivity contribution is 9.10. The van der Waals surface area contributed by atoms with Gasteiger partial charge < -0.3 is 4.74 Å². The molecule has 0 aliphatic carbocycles. The number of nitrogens with zero attached hydrogens (tertiary/aromatic N) is 2. The normalized spacial score (nSPS) is 10.6. The topological polar surface area (TPSA) is 44.1 Å². The van der Waals surface area contributed by atoms with E-state index in [0.29, 0.717) is 17.9 Å². The van der Waals surface area contributed by atoms with Gasteiger partial charge in [0, 0.05) is 0 Å². The lowest BCUT2D eigenvalue weighted by molar-refractivity contribution is 0.0963. The Labute approximate surface area is 126 Å². The van der Waals surface area contributed by atoms with E-state index < -0.39 is 0 Å². The number of ketones is 1. The SMILES string of the molecule is CCOc1ccccc1C(=O)Cn1nc(C)c(Br)c1C. The van der Waals surface area contributed by atoms with Gasteiger partial charge in [-0.3, -0.25) is 9.48 Å². The summed E-state index contributed by atoms with van der Waals surface area (Å²) in [5.74, 6) is 0.618. The first kappa shape index (κ1) is 14.8. The summed E-state index contributed by atoms with van der Waals surface area (Å²) in [7, 11) is 0. The van der Waals surface area contributed by atoms with Crippen LogP contribution in [0.3, 0.4) is 0 Å². The molecule has 0 atom stereocenters. The smallest absolute Gasteiger partial charge is 0.187 e. The zero-order valence-electron chi connectivity index (χ0n) is 11.8. The molecular weight excluding hydrogens is 320 g/mol. The minimum Gasteiger partial charge on any atom is -0.493 e. The molecule has 106 valence electrons. The number of Topliss-reactive ketones (excluding diaryl/α,β-unsaturated/α-hetero) is 1. The Hall–Kier alpha value is -1.62. The minimum absolute atomic E-state index is 0.00727. The van der Waals surface area contributed by atoms with Crippen molar-refractivity contribution in [2.45, 2.75) is 27.3 Å². The number of hydrogen-bond donors (Lipinski definition) is 0. The van der Waals surface area contributed by atoms with Crippen molar-refractivity contribution in [3.63, 3.8) is 0 Å². The van der Waals surface area contributed by atoms with Crippen LogP contribution >= 0.6 is 15.9 Å². The summed E-state index contributed by atoms with van der Waals surface area (Å²) < 4.78 is 8.16. The number of carbonyl (C=O) groups excluding carboxylic acids is 1. The van der Waals surface area contributed by atoms with Crippen molar-refractivity contribution < 1.29 is 9.53 Å². The Morgan fingerprint density at radius 1 is 1.35 bits per heavy atom. The fourth-order valence-corrected chi connectivity index (χ4v) is 2.31. The van der Waals surface area contributed by atoms with Gasteiger partial charge in [0.15, 0.2) is 5.78 Å². The van der Waals surface area contributed by atoms with E-state index in [1.54, 1.807) is 10.7 Å². The van der Waals surface area contributed by atoms with Crippen molar-refractivity contribution in [1.82, 2.24) is 9.78 Å². The molecule has 5 heteroatoms. The first-order chi connectivity index (χ1) is 9.54. The summed E-state index contributed by atoms with van der Waals surface area (Å²) in [5, 5.41) is 4.36. The number of halogens is 1. The van der Waals surface area contributed by atoms with Gasteiger partial charge in [0.2, 0.25) is 0 Å². The average molecular weight is 337 g/mol. The van der Waals surface area contributed by atoms with Crippen LogP contribution in [0.4, 0.5) is 0 Å². The van der Waals surface area contributed by atoms with Crippen LogP contribution in [0.5, 0.6) is 5.75 Å².